The summed E-state index contributed by atoms with van der Waals surface area (Å²) in [4.78, 5) is 25.6. The molecule has 2 fully saturated rings. The number of likely N-dealkylation sites (tertiary alicyclic amines) is 2. The molecule has 3 heterocycles. The molecule has 1 aromatic carbocycles. The lowest BCUT2D eigenvalue weighted by molar-refractivity contribution is -0.135. The van der Waals surface area contributed by atoms with Gasteiger partial charge in [-0.1, -0.05) is 13.0 Å². The van der Waals surface area contributed by atoms with Gasteiger partial charge in [-0.2, -0.15) is 0 Å². The van der Waals surface area contributed by atoms with Gasteiger partial charge in [0.2, 0.25) is 5.91 Å². The highest BCUT2D eigenvalue weighted by Gasteiger charge is 2.50. The number of benzene rings is 1. The number of aromatic amines is 1. The van der Waals surface area contributed by atoms with E-state index in [2.05, 4.69) is 47.7 Å². The van der Waals surface area contributed by atoms with Gasteiger partial charge in [-0.25, -0.2) is 4.98 Å². The van der Waals surface area contributed by atoms with Crippen molar-refractivity contribution in [3.63, 3.8) is 0 Å². The molecule has 25 heavy (non-hydrogen) atoms. The fraction of sp³-hybridized carbons (Fsp3) is 0.600. The summed E-state index contributed by atoms with van der Waals surface area (Å²) in [7, 11) is 0. The minimum atomic E-state index is -0.131. The molecule has 1 amide bonds. The maximum absolute atomic E-state index is 12.8. The Morgan fingerprint density at radius 1 is 1.24 bits per heavy atom. The Balaban J connectivity index is 1.48. The van der Waals surface area contributed by atoms with Gasteiger partial charge in [0.1, 0.15) is 5.82 Å². The van der Waals surface area contributed by atoms with E-state index in [9.17, 15) is 4.79 Å². The predicted molar refractivity (Wildman–Crippen MR) is 99.4 cm³/mol. The van der Waals surface area contributed by atoms with Gasteiger partial charge in [0.25, 0.3) is 0 Å². The standard InChI is InChI=1S/C20H28N4O/c1-4-9-24-11-8-20(19(24)25)7-10-23(13-20)12-17-21-16-6-5-14(2)15(3)18(16)22-17/h5-6H,4,7-13H2,1-3H3,(H,21,22). The second-order valence-corrected chi connectivity index (χ2v) is 7.87. The van der Waals surface area contributed by atoms with E-state index in [1.165, 1.54) is 11.1 Å². The molecule has 0 aliphatic carbocycles. The molecular weight excluding hydrogens is 312 g/mol. The van der Waals surface area contributed by atoms with Crippen LogP contribution in [0.5, 0.6) is 0 Å². The molecule has 0 radical (unpaired) electrons. The van der Waals surface area contributed by atoms with E-state index >= 15 is 0 Å². The van der Waals surface area contributed by atoms with E-state index in [1.807, 2.05) is 0 Å². The SMILES string of the molecule is CCCN1CCC2(CCN(Cc3nc4c(C)c(C)ccc4[nH]3)C2)C1=O. The lowest BCUT2D eigenvalue weighted by Gasteiger charge is -2.23. The van der Waals surface area contributed by atoms with Gasteiger partial charge in [0, 0.05) is 19.6 Å². The zero-order chi connectivity index (χ0) is 17.6. The number of imidazole rings is 1. The van der Waals surface area contributed by atoms with E-state index in [0.717, 1.165) is 68.8 Å². The Morgan fingerprint density at radius 2 is 2.04 bits per heavy atom. The number of rotatable bonds is 4. The highest BCUT2D eigenvalue weighted by molar-refractivity contribution is 5.85. The molecule has 5 heteroatoms. The fourth-order valence-corrected chi connectivity index (χ4v) is 4.50. The summed E-state index contributed by atoms with van der Waals surface area (Å²) < 4.78 is 0. The Hall–Kier alpha value is -1.88. The number of nitrogens with one attached hydrogen (secondary N) is 1. The molecular formula is C20H28N4O. The lowest BCUT2D eigenvalue weighted by Crippen LogP contribution is -2.37. The molecule has 4 rings (SSSR count). The molecule has 2 aromatic rings. The van der Waals surface area contributed by atoms with Crippen LogP contribution in [0.15, 0.2) is 12.1 Å². The summed E-state index contributed by atoms with van der Waals surface area (Å²) >= 11 is 0. The molecule has 5 nitrogen and oxygen atoms in total. The molecule has 2 aliphatic heterocycles. The van der Waals surface area contributed by atoms with Crippen LogP contribution in [0.1, 0.15) is 43.1 Å². The molecule has 2 aliphatic rings. The van der Waals surface area contributed by atoms with Crippen molar-refractivity contribution in [2.24, 2.45) is 5.41 Å². The molecule has 1 spiro atoms. The van der Waals surface area contributed by atoms with Crippen molar-refractivity contribution in [2.75, 3.05) is 26.2 Å². The van der Waals surface area contributed by atoms with Crippen molar-refractivity contribution in [2.45, 2.75) is 46.6 Å². The molecule has 1 aromatic heterocycles. The van der Waals surface area contributed by atoms with E-state index in [-0.39, 0.29) is 5.41 Å². The number of nitrogens with zero attached hydrogens (tertiary/aromatic N) is 3. The third kappa shape index (κ3) is 2.74. The van der Waals surface area contributed by atoms with Crippen molar-refractivity contribution < 1.29 is 4.79 Å². The van der Waals surface area contributed by atoms with Crippen LogP contribution in [0.3, 0.4) is 0 Å². The third-order valence-corrected chi connectivity index (χ3v) is 6.13. The number of carbonyl (C=O) groups excluding carboxylic acids is 1. The van der Waals surface area contributed by atoms with E-state index in [4.69, 9.17) is 4.98 Å². The van der Waals surface area contributed by atoms with Crippen molar-refractivity contribution in [3.8, 4) is 0 Å². The molecule has 2 saturated heterocycles. The number of amides is 1. The van der Waals surface area contributed by atoms with Crippen LogP contribution in [0.2, 0.25) is 0 Å². The first-order valence-corrected chi connectivity index (χ1v) is 9.49. The molecule has 0 saturated carbocycles. The van der Waals surface area contributed by atoms with Gasteiger partial charge >= 0.3 is 0 Å². The number of carbonyl (C=O) groups is 1. The second kappa shape index (κ2) is 6.13. The normalized spacial score (nSPS) is 24.3. The fourth-order valence-electron chi connectivity index (χ4n) is 4.50. The van der Waals surface area contributed by atoms with Crippen LogP contribution in [0, 0.1) is 19.3 Å². The summed E-state index contributed by atoms with van der Waals surface area (Å²) in [5.41, 5.74) is 4.58. The topological polar surface area (TPSA) is 52.2 Å². The minimum Gasteiger partial charge on any atom is -0.342 e. The zero-order valence-corrected chi connectivity index (χ0v) is 15.6. The first-order valence-electron chi connectivity index (χ1n) is 9.49. The summed E-state index contributed by atoms with van der Waals surface area (Å²) in [5, 5.41) is 0. The Bertz CT molecular complexity index is 811. The van der Waals surface area contributed by atoms with Crippen LogP contribution in [0.4, 0.5) is 0 Å². The molecule has 0 bridgehead atoms. The maximum atomic E-state index is 12.8. The molecule has 1 atom stereocenters. The van der Waals surface area contributed by atoms with E-state index < -0.39 is 0 Å². The van der Waals surface area contributed by atoms with Crippen molar-refractivity contribution in [1.29, 1.82) is 0 Å². The zero-order valence-electron chi connectivity index (χ0n) is 15.6. The Morgan fingerprint density at radius 3 is 2.84 bits per heavy atom. The minimum absolute atomic E-state index is 0.131. The van der Waals surface area contributed by atoms with Crippen LogP contribution >= 0.6 is 0 Å². The quantitative estimate of drug-likeness (QED) is 0.931. The molecule has 1 unspecified atom stereocenters. The predicted octanol–water partition coefficient (Wildman–Crippen LogP) is 3.01. The van der Waals surface area contributed by atoms with E-state index in [0.29, 0.717) is 5.91 Å². The van der Waals surface area contributed by atoms with Crippen molar-refractivity contribution in [3.05, 3.63) is 29.1 Å². The van der Waals surface area contributed by atoms with Crippen LogP contribution in [-0.2, 0) is 11.3 Å². The Kier molecular flexibility index (Phi) is 4.07. The maximum Gasteiger partial charge on any atom is 0.230 e. The van der Waals surface area contributed by atoms with Crippen LogP contribution in [-0.4, -0.2) is 51.9 Å². The number of aromatic nitrogens is 2. The van der Waals surface area contributed by atoms with Gasteiger partial charge in [-0.3, -0.25) is 9.69 Å². The first-order chi connectivity index (χ1) is 12.0. The number of H-pyrrole nitrogens is 1. The number of hydrogen-bond acceptors (Lipinski definition) is 3. The summed E-state index contributed by atoms with van der Waals surface area (Å²) in [6, 6.07) is 4.26. The summed E-state index contributed by atoms with van der Waals surface area (Å²) in [6.45, 7) is 10.9. The number of fused-ring (bicyclic) bond motifs is 1. The van der Waals surface area contributed by atoms with Gasteiger partial charge in [-0.05, 0) is 56.8 Å². The highest BCUT2D eigenvalue weighted by Crippen LogP contribution is 2.41. The van der Waals surface area contributed by atoms with Gasteiger partial charge < -0.3 is 9.88 Å². The second-order valence-electron chi connectivity index (χ2n) is 7.87. The largest absolute Gasteiger partial charge is 0.342 e. The lowest BCUT2D eigenvalue weighted by atomic mass is 9.85. The summed E-state index contributed by atoms with van der Waals surface area (Å²) in [6.07, 6.45) is 3.05. The summed E-state index contributed by atoms with van der Waals surface area (Å²) in [5.74, 6) is 1.39. The number of aryl methyl sites for hydroxylation is 2. The molecule has 1 N–H and O–H groups in total. The van der Waals surface area contributed by atoms with Gasteiger partial charge in [-0.15, -0.1) is 0 Å². The smallest absolute Gasteiger partial charge is 0.230 e. The Labute approximate surface area is 149 Å². The van der Waals surface area contributed by atoms with Crippen LogP contribution in [0.25, 0.3) is 11.0 Å². The average Bonchev–Trinajstić information content (AvgIpc) is 3.27. The third-order valence-electron chi connectivity index (χ3n) is 6.13. The van der Waals surface area contributed by atoms with Crippen molar-refractivity contribution in [1.82, 2.24) is 19.8 Å². The van der Waals surface area contributed by atoms with Gasteiger partial charge in [0.15, 0.2) is 0 Å². The van der Waals surface area contributed by atoms with Gasteiger partial charge in [0.05, 0.1) is 23.0 Å². The van der Waals surface area contributed by atoms with Crippen molar-refractivity contribution >= 4 is 16.9 Å². The first kappa shape index (κ1) is 16.6. The molecule has 134 valence electrons. The van der Waals surface area contributed by atoms with E-state index in [1.54, 1.807) is 0 Å². The average molecular weight is 340 g/mol. The highest BCUT2D eigenvalue weighted by atomic mass is 16.2. The number of hydrogen-bond donors (Lipinski definition) is 1. The van der Waals surface area contributed by atoms with Crippen LogP contribution < -0.4 is 0 Å². The monoisotopic (exact) mass is 340 g/mol.